The van der Waals surface area contributed by atoms with Crippen LogP contribution in [0.1, 0.15) is 50.0 Å². The molecule has 3 nitrogen and oxygen atoms in total. The second-order valence-electron chi connectivity index (χ2n) is 5.12. The number of nitrogens with zero attached hydrogens (tertiary/aromatic N) is 2. The normalized spacial score (nSPS) is 12.8. The molecule has 0 aliphatic rings. The molecule has 0 radical (unpaired) electrons. The molecule has 2 N–H and O–H groups in total. The van der Waals surface area contributed by atoms with E-state index >= 15 is 0 Å². The minimum atomic E-state index is -0.0706. The van der Waals surface area contributed by atoms with Gasteiger partial charge in [-0.2, -0.15) is 5.10 Å². The zero-order valence-electron chi connectivity index (χ0n) is 12.1. The number of rotatable bonds is 6. The summed E-state index contributed by atoms with van der Waals surface area (Å²) in [6.07, 6.45) is 4.97. The van der Waals surface area contributed by atoms with E-state index in [4.69, 9.17) is 17.3 Å². The van der Waals surface area contributed by atoms with Gasteiger partial charge in [-0.15, -0.1) is 0 Å². The van der Waals surface area contributed by atoms with Crippen molar-refractivity contribution in [3.8, 4) is 0 Å². The van der Waals surface area contributed by atoms with Gasteiger partial charge in [-0.3, -0.25) is 4.68 Å². The molecule has 4 heteroatoms. The van der Waals surface area contributed by atoms with E-state index in [0.717, 1.165) is 35.5 Å². The van der Waals surface area contributed by atoms with Crippen LogP contribution in [0.25, 0.3) is 0 Å². The predicted molar refractivity (Wildman–Crippen MR) is 83.9 cm³/mol. The van der Waals surface area contributed by atoms with E-state index in [-0.39, 0.29) is 6.04 Å². The Hall–Kier alpha value is -1.32. The van der Waals surface area contributed by atoms with Gasteiger partial charge >= 0.3 is 0 Å². The van der Waals surface area contributed by atoms with Gasteiger partial charge in [-0.25, -0.2) is 0 Å². The third-order valence-electron chi connectivity index (χ3n) is 3.69. The molecule has 0 aliphatic carbocycles. The van der Waals surface area contributed by atoms with Crippen LogP contribution in [-0.2, 0) is 6.42 Å². The number of aromatic nitrogens is 2. The lowest BCUT2D eigenvalue weighted by molar-refractivity contribution is 0.424. The maximum atomic E-state index is 6.24. The van der Waals surface area contributed by atoms with Crippen molar-refractivity contribution in [3.05, 3.63) is 52.8 Å². The first kappa shape index (κ1) is 15.1. The van der Waals surface area contributed by atoms with Gasteiger partial charge in [0.25, 0.3) is 0 Å². The molecule has 1 atom stereocenters. The number of hydrogen-bond donors (Lipinski definition) is 1. The molecule has 1 unspecified atom stereocenters. The van der Waals surface area contributed by atoms with Crippen molar-refractivity contribution in [3.63, 3.8) is 0 Å². The summed E-state index contributed by atoms with van der Waals surface area (Å²) in [7, 11) is 0. The van der Waals surface area contributed by atoms with Gasteiger partial charge in [-0.1, -0.05) is 37.6 Å². The highest BCUT2D eigenvalue weighted by Crippen LogP contribution is 2.20. The van der Waals surface area contributed by atoms with Crippen LogP contribution >= 0.6 is 11.6 Å². The topological polar surface area (TPSA) is 43.8 Å². The zero-order chi connectivity index (χ0) is 14.5. The molecule has 0 fully saturated rings. The third kappa shape index (κ3) is 3.62. The molecule has 0 saturated heterocycles. The van der Waals surface area contributed by atoms with Crippen LogP contribution in [0.2, 0.25) is 5.02 Å². The summed E-state index contributed by atoms with van der Waals surface area (Å²) in [4.78, 5) is 0. The Morgan fingerprint density at radius 2 is 2.00 bits per heavy atom. The number of halogens is 1. The molecule has 1 aromatic carbocycles. The molecule has 2 aromatic rings. The summed E-state index contributed by atoms with van der Waals surface area (Å²) in [6.45, 7) is 4.38. The first-order valence-electron chi connectivity index (χ1n) is 7.19. The SMILES string of the molecule is CCC(CC)n1ccc(CC(N)c2cccc(Cl)c2)n1. The smallest absolute Gasteiger partial charge is 0.0643 e. The first-order chi connectivity index (χ1) is 9.63. The molecule has 1 heterocycles. The molecule has 0 spiro atoms. The first-order valence-corrected chi connectivity index (χ1v) is 7.56. The van der Waals surface area contributed by atoms with Gasteiger partial charge in [-0.05, 0) is 36.6 Å². The van der Waals surface area contributed by atoms with Gasteiger partial charge in [0.05, 0.1) is 11.7 Å². The minimum Gasteiger partial charge on any atom is -0.324 e. The zero-order valence-corrected chi connectivity index (χ0v) is 12.8. The highest BCUT2D eigenvalue weighted by Gasteiger charge is 2.12. The largest absolute Gasteiger partial charge is 0.324 e. The van der Waals surface area contributed by atoms with Crippen molar-refractivity contribution in [2.45, 2.75) is 45.2 Å². The van der Waals surface area contributed by atoms with Crippen LogP contribution in [0.5, 0.6) is 0 Å². The van der Waals surface area contributed by atoms with Crippen LogP contribution in [0.4, 0.5) is 0 Å². The number of hydrogen-bond acceptors (Lipinski definition) is 2. The Labute approximate surface area is 125 Å². The fraction of sp³-hybridized carbons (Fsp3) is 0.438. The van der Waals surface area contributed by atoms with Crippen LogP contribution in [0.15, 0.2) is 36.5 Å². The summed E-state index contributed by atoms with van der Waals surface area (Å²) in [5.41, 5.74) is 8.32. The van der Waals surface area contributed by atoms with Crippen molar-refractivity contribution in [2.24, 2.45) is 5.73 Å². The fourth-order valence-corrected chi connectivity index (χ4v) is 2.63. The van der Waals surface area contributed by atoms with Crippen molar-refractivity contribution >= 4 is 11.6 Å². The molecule has 20 heavy (non-hydrogen) atoms. The van der Waals surface area contributed by atoms with Gasteiger partial charge in [0.1, 0.15) is 0 Å². The summed E-state index contributed by atoms with van der Waals surface area (Å²) < 4.78 is 2.06. The Morgan fingerprint density at radius 1 is 1.25 bits per heavy atom. The van der Waals surface area contributed by atoms with Gasteiger partial charge < -0.3 is 5.73 Å². The predicted octanol–water partition coefficient (Wildman–Crippen LogP) is 4.14. The lowest BCUT2D eigenvalue weighted by Crippen LogP contribution is -2.14. The van der Waals surface area contributed by atoms with Crippen molar-refractivity contribution < 1.29 is 0 Å². The Balaban J connectivity index is 2.06. The maximum Gasteiger partial charge on any atom is 0.0643 e. The molecule has 108 valence electrons. The molecule has 1 aromatic heterocycles. The molecule has 0 aliphatic heterocycles. The quantitative estimate of drug-likeness (QED) is 0.869. The van der Waals surface area contributed by atoms with Crippen molar-refractivity contribution in [1.82, 2.24) is 9.78 Å². The number of nitrogens with two attached hydrogens (primary N) is 1. The standard InChI is InChI=1S/C16H22ClN3/c1-3-15(4-2)20-9-8-14(19-20)11-16(18)12-6-5-7-13(17)10-12/h5-10,15-16H,3-4,11,18H2,1-2H3. The molecule has 0 amide bonds. The van der Waals surface area contributed by atoms with Crippen molar-refractivity contribution in [1.29, 1.82) is 0 Å². The van der Waals surface area contributed by atoms with Crippen molar-refractivity contribution in [2.75, 3.05) is 0 Å². The maximum absolute atomic E-state index is 6.24. The second-order valence-corrected chi connectivity index (χ2v) is 5.56. The summed E-state index contributed by atoms with van der Waals surface area (Å²) >= 11 is 6.00. The van der Waals surface area contributed by atoms with E-state index in [9.17, 15) is 0 Å². The molecular weight excluding hydrogens is 270 g/mol. The average Bonchev–Trinajstić information content (AvgIpc) is 2.88. The highest BCUT2D eigenvalue weighted by atomic mass is 35.5. The van der Waals surface area contributed by atoms with Gasteiger partial charge in [0, 0.05) is 23.7 Å². The van der Waals surface area contributed by atoms with E-state index in [0.29, 0.717) is 6.04 Å². The molecule has 0 saturated carbocycles. The van der Waals surface area contributed by atoms with Crippen LogP contribution in [0.3, 0.4) is 0 Å². The Morgan fingerprint density at radius 3 is 2.65 bits per heavy atom. The van der Waals surface area contributed by atoms with Crippen LogP contribution in [0, 0.1) is 0 Å². The van der Waals surface area contributed by atoms with E-state index in [2.05, 4.69) is 35.9 Å². The minimum absolute atomic E-state index is 0.0706. The third-order valence-corrected chi connectivity index (χ3v) is 3.92. The lowest BCUT2D eigenvalue weighted by atomic mass is 10.0. The van der Waals surface area contributed by atoms with E-state index in [1.54, 1.807) is 0 Å². The lowest BCUT2D eigenvalue weighted by Gasteiger charge is -2.13. The molecule has 0 bridgehead atoms. The number of benzene rings is 1. The monoisotopic (exact) mass is 291 g/mol. The highest BCUT2D eigenvalue weighted by molar-refractivity contribution is 6.30. The fourth-order valence-electron chi connectivity index (χ4n) is 2.43. The van der Waals surface area contributed by atoms with Gasteiger partial charge in [0.15, 0.2) is 0 Å². The summed E-state index contributed by atoms with van der Waals surface area (Å²) in [6, 6.07) is 10.2. The average molecular weight is 292 g/mol. The Bertz CT molecular complexity index is 546. The Kier molecular flexibility index (Phi) is 5.21. The van der Waals surface area contributed by atoms with E-state index in [1.807, 2.05) is 24.3 Å². The summed E-state index contributed by atoms with van der Waals surface area (Å²) in [5, 5.41) is 5.37. The summed E-state index contributed by atoms with van der Waals surface area (Å²) in [5.74, 6) is 0. The van der Waals surface area contributed by atoms with Crippen LogP contribution < -0.4 is 5.73 Å². The van der Waals surface area contributed by atoms with E-state index < -0.39 is 0 Å². The van der Waals surface area contributed by atoms with Gasteiger partial charge in [0.2, 0.25) is 0 Å². The van der Waals surface area contributed by atoms with E-state index in [1.165, 1.54) is 0 Å². The van der Waals surface area contributed by atoms with Crippen LogP contribution in [-0.4, -0.2) is 9.78 Å². The molecule has 2 rings (SSSR count). The second kappa shape index (κ2) is 6.91. The molecular formula is C16H22ClN3.